The Morgan fingerprint density at radius 1 is 1.19 bits per heavy atom. The minimum Gasteiger partial charge on any atom is -0.495 e. The van der Waals surface area contributed by atoms with Gasteiger partial charge in [0.25, 0.3) is 0 Å². The number of rotatable bonds is 5. The molecule has 1 aromatic heterocycles. The van der Waals surface area contributed by atoms with Crippen LogP contribution in [0.1, 0.15) is 11.5 Å². The van der Waals surface area contributed by atoms with Crippen LogP contribution >= 0.6 is 11.6 Å². The lowest BCUT2D eigenvalue weighted by Crippen LogP contribution is -2.20. The second-order valence-corrected chi connectivity index (χ2v) is 5.66. The number of aromatic nitrogens is 2. The predicted octanol–water partition coefficient (Wildman–Crippen LogP) is 4.11. The van der Waals surface area contributed by atoms with Crippen molar-refractivity contribution in [2.75, 3.05) is 17.7 Å². The number of methoxy groups -OCH3 is 1. The van der Waals surface area contributed by atoms with E-state index in [1.165, 1.54) is 19.2 Å². The number of anilines is 2. The van der Waals surface area contributed by atoms with Crippen molar-refractivity contribution < 1.29 is 18.3 Å². The molecule has 0 bridgehead atoms. The first-order valence-corrected chi connectivity index (χ1v) is 7.89. The van der Waals surface area contributed by atoms with E-state index in [4.69, 9.17) is 20.8 Å². The number of urea groups is 1. The van der Waals surface area contributed by atoms with Crippen LogP contribution in [0.3, 0.4) is 0 Å². The van der Waals surface area contributed by atoms with Crippen molar-refractivity contribution in [3.05, 3.63) is 64.8 Å². The van der Waals surface area contributed by atoms with Gasteiger partial charge in [-0.05, 0) is 35.9 Å². The molecule has 26 heavy (non-hydrogen) atoms. The number of amides is 2. The summed E-state index contributed by atoms with van der Waals surface area (Å²) in [5, 5.41) is 13.1. The molecule has 0 aliphatic heterocycles. The molecular weight excluding hydrogens is 363 g/mol. The maximum absolute atomic E-state index is 12.9. The van der Waals surface area contributed by atoms with Gasteiger partial charge < -0.3 is 14.5 Å². The van der Waals surface area contributed by atoms with Gasteiger partial charge in [0.1, 0.15) is 11.6 Å². The van der Waals surface area contributed by atoms with Gasteiger partial charge in [-0.1, -0.05) is 28.8 Å². The van der Waals surface area contributed by atoms with Crippen molar-refractivity contribution in [3.8, 4) is 5.75 Å². The van der Waals surface area contributed by atoms with E-state index in [0.29, 0.717) is 22.9 Å². The molecule has 0 radical (unpaired) electrons. The van der Waals surface area contributed by atoms with Gasteiger partial charge in [0.15, 0.2) is 0 Å². The van der Waals surface area contributed by atoms with Gasteiger partial charge >= 0.3 is 12.0 Å². The molecule has 0 saturated heterocycles. The number of benzene rings is 2. The van der Waals surface area contributed by atoms with Gasteiger partial charge in [-0.3, -0.25) is 5.32 Å². The second-order valence-electron chi connectivity index (χ2n) is 5.23. The average Bonchev–Trinajstić information content (AvgIpc) is 3.04. The lowest BCUT2D eigenvalue weighted by Gasteiger charge is -2.10. The minimum absolute atomic E-state index is 0.0689. The molecule has 0 atom stereocenters. The average molecular weight is 377 g/mol. The summed E-state index contributed by atoms with van der Waals surface area (Å²) in [7, 11) is 1.48. The quantitative estimate of drug-likeness (QED) is 0.699. The zero-order valence-electron chi connectivity index (χ0n) is 13.6. The van der Waals surface area contributed by atoms with Gasteiger partial charge in [-0.2, -0.15) is 0 Å². The number of carbonyl (C=O) groups is 1. The van der Waals surface area contributed by atoms with E-state index < -0.39 is 6.03 Å². The maximum Gasteiger partial charge on any atom is 0.327 e. The van der Waals surface area contributed by atoms with E-state index in [-0.39, 0.29) is 17.7 Å². The van der Waals surface area contributed by atoms with E-state index in [1.807, 2.05) is 0 Å². The first-order chi connectivity index (χ1) is 12.5. The monoisotopic (exact) mass is 376 g/mol. The van der Waals surface area contributed by atoms with Crippen molar-refractivity contribution in [3.63, 3.8) is 0 Å². The standard InChI is InChI=1S/C17H14ClFN4O3/c1-25-14-7-4-11(18)9-13(14)20-16(24)21-17-23-22-15(26-17)8-10-2-5-12(19)6-3-10/h2-7,9H,8H2,1H3,(H2,20,21,23,24). The van der Waals surface area contributed by atoms with Gasteiger partial charge in [0.2, 0.25) is 5.89 Å². The largest absolute Gasteiger partial charge is 0.495 e. The summed E-state index contributed by atoms with van der Waals surface area (Å²) >= 11 is 5.92. The molecule has 3 rings (SSSR count). The molecule has 0 aliphatic rings. The van der Waals surface area contributed by atoms with Crippen LogP contribution in [-0.4, -0.2) is 23.3 Å². The van der Waals surface area contributed by atoms with E-state index in [1.54, 1.807) is 30.3 Å². The highest BCUT2D eigenvalue weighted by atomic mass is 35.5. The van der Waals surface area contributed by atoms with Crippen LogP contribution in [0.15, 0.2) is 46.9 Å². The highest BCUT2D eigenvalue weighted by molar-refractivity contribution is 6.31. The Morgan fingerprint density at radius 2 is 1.96 bits per heavy atom. The third kappa shape index (κ3) is 4.48. The normalized spacial score (nSPS) is 10.4. The zero-order valence-corrected chi connectivity index (χ0v) is 14.4. The highest BCUT2D eigenvalue weighted by Crippen LogP contribution is 2.27. The summed E-state index contributed by atoms with van der Waals surface area (Å²) in [5.74, 6) is 0.411. The molecule has 9 heteroatoms. The number of nitrogens with zero attached hydrogens (tertiary/aromatic N) is 2. The first-order valence-electron chi connectivity index (χ1n) is 7.52. The fraction of sp³-hybridized carbons (Fsp3) is 0.118. The van der Waals surface area contributed by atoms with E-state index in [9.17, 15) is 9.18 Å². The number of hydrogen-bond donors (Lipinski definition) is 2. The zero-order chi connectivity index (χ0) is 18.5. The Balaban J connectivity index is 1.62. The van der Waals surface area contributed by atoms with Crippen molar-refractivity contribution in [2.45, 2.75) is 6.42 Å². The Hall–Kier alpha value is -3.13. The van der Waals surface area contributed by atoms with Crippen LogP contribution in [0, 0.1) is 5.82 Å². The molecule has 0 saturated carbocycles. The summed E-state index contributed by atoms with van der Waals surface area (Å²) in [6, 6.07) is 10.1. The first kappa shape index (κ1) is 17.7. The van der Waals surface area contributed by atoms with Crippen LogP contribution in [0.4, 0.5) is 20.9 Å². The molecule has 0 aliphatic carbocycles. The number of nitrogens with one attached hydrogen (secondary N) is 2. The lowest BCUT2D eigenvalue weighted by atomic mass is 10.1. The number of hydrogen-bond acceptors (Lipinski definition) is 5. The summed E-state index contributed by atoms with van der Waals surface area (Å²) in [4.78, 5) is 12.1. The smallest absolute Gasteiger partial charge is 0.327 e. The topological polar surface area (TPSA) is 89.3 Å². The van der Waals surface area contributed by atoms with Gasteiger partial charge in [-0.15, -0.1) is 5.10 Å². The van der Waals surface area contributed by atoms with Crippen LogP contribution in [0.2, 0.25) is 5.02 Å². The third-order valence-electron chi connectivity index (χ3n) is 3.37. The number of carbonyl (C=O) groups excluding carboxylic acids is 1. The van der Waals surface area contributed by atoms with Crippen LogP contribution < -0.4 is 15.4 Å². The maximum atomic E-state index is 12.9. The van der Waals surface area contributed by atoms with E-state index in [0.717, 1.165) is 5.56 Å². The van der Waals surface area contributed by atoms with Crippen LogP contribution in [0.25, 0.3) is 0 Å². The fourth-order valence-corrected chi connectivity index (χ4v) is 2.35. The summed E-state index contributed by atoms with van der Waals surface area (Å²) in [6.45, 7) is 0. The molecule has 0 spiro atoms. The number of halogens is 2. The Kier molecular flexibility index (Phi) is 5.33. The predicted molar refractivity (Wildman–Crippen MR) is 94.1 cm³/mol. The molecule has 2 amide bonds. The van der Waals surface area contributed by atoms with Crippen molar-refractivity contribution in [1.82, 2.24) is 10.2 Å². The molecule has 2 N–H and O–H groups in total. The summed E-state index contributed by atoms with van der Waals surface area (Å²) in [6.07, 6.45) is 0.318. The third-order valence-corrected chi connectivity index (χ3v) is 3.60. The Labute approximate surface area is 153 Å². The minimum atomic E-state index is -0.595. The Morgan fingerprint density at radius 3 is 2.69 bits per heavy atom. The molecule has 0 fully saturated rings. The molecule has 3 aromatic rings. The SMILES string of the molecule is COc1ccc(Cl)cc1NC(=O)Nc1nnc(Cc2ccc(F)cc2)o1. The molecule has 7 nitrogen and oxygen atoms in total. The van der Waals surface area contributed by atoms with E-state index in [2.05, 4.69) is 20.8 Å². The second kappa shape index (κ2) is 7.83. The highest BCUT2D eigenvalue weighted by Gasteiger charge is 2.13. The molecular formula is C17H14ClFN4O3. The summed E-state index contributed by atoms with van der Waals surface area (Å²) < 4.78 is 23.4. The van der Waals surface area contributed by atoms with Gasteiger partial charge in [0.05, 0.1) is 19.2 Å². The van der Waals surface area contributed by atoms with Crippen LogP contribution in [-0.2, 0) is 6.42 Å². The van der Waals surface area contributed by atoms with Gasteiger partial charge in [-0.25, -0.2) is 9.18 Å². The molecule has 0 unspecified atom stereocenters. The van der Waals surface area contributed by atoms with Gasteiger partial charge in [0, 0.05) is 5.02 Å². The van der Waals surface area contributed by atoms with Crippen molar-refractivity contribution in [1.29, 1.82) is 0 Å². The van der Waals surface area contributed by atoms with E-state index >= 15 is 0 Å². The molecule has 1 heterocycles. The lowest BCUT2D eigenvalue weighted by molar-refractivity contribution is 0.261. The van der Waals surface area contributed by atoms with Crippen LogP contribution in [0.5, 0.6) is 5.75 Å². The fourth-order valence-electron chi connectivity index (χ4n) is 2.18. The Bertz CT molecular complexity index is 915. The summed E-state index contributed by atoms with van der Waals surface area (Å²) in [5.41, 5.74) is 1.19. The molecule has 2 aromatic carbocycles. The van der Waals surface area contributed by atoms with Crippen molar-refractivity contribution in [2.24, 2.45) is 0 Å². The van der Waals surface area contributed by atoms with Crippen molar-refractivity contribution >= 4 is 29.3 Å². The number of ether oxygens (including phenoxy) is 1. The molecule has 134 valence electrons.